The first-order valence-electron chi connectivity index (χ1n) is 9.42. The van der Waals surface area contributed by atoms with E-state index in [-0.39, 0.29) is 29.9 Å². The zero-order chi connectivity index (χ0) is 21.7. The molecule has 1 aromatic carbocycles. The van der Waals surface area contributed by atoms with Gasteiger partial charge in [-0.2, -0.15) is 26.3 Å². The SMILES string of the molecule is CCNC(=NCC1CCN(CC(F)(F)F)C1)N(C)Cc1ccc(C(F)(F)F)cc1.I. The Kier molecular flexibility index (Phi) is 10.2. The van der Waals surface area contributed by atoms with Gasteiger partial charge < -0.3 is 10.2 Å². The average Bonchev–Trinajstić information content (AvgIpc) is 3.03. The van der Waals surface area contributed by atoms with Crippen molar-refractivity contribution in [3.63, 3.8) is 0 Å². The Balaban J connectivity index is 0.00000450. The minimum atomic E-state index is -4.37. The Labute approximate surface area is 189 Å². The van der Waals surface area contributed by atoms with Gasteiger partial charge in [-0.25, -0.2) is 0 Å². The summed E-state index contributed by atoms with van der Waals surface area (Å²) in [5.74, 6) is 0.618. The van der Waals surface area contributed by atoms with Gasteiger partial charge in [-0.15, -0.1) is 24.0 Å². The molecular weight excluding hydrogens is 525 g/mol. The van der Waals surface area contributed by atoms with Crippen LogP contribution in [-0.2, 0) is 12.7 Å². The van der Waals surface area contributed by atoms with Crippen molar-refractivity contribution < 1.29 is 26.3 Å². The zero-order valence-electron chi connectivity index (χ0n) is 16.9. The third kappa shape index (κ3) is 8.86. The molecule has 1 heterocycles. The summed E-state index contributed by atoms with van der Waals surface area (Å²) in [5, 5.41) is 3.11. The van der Waals surface area contributed by atoms with E-state index in [1.807, 2.05) is 6.92 Å². The Morgan fingerprint density at radius 3 is 2.33 bits per heavy atom. The molecule has 0 saturated carbocycles. The highest BCUT2D eigenvalue weighted by molar-refractivity contribution is 14.0. The maximum absolute atomic E-state index is 12.7. The number of nitrogens with zero attached hydrogens (tertiary/aromatic N) is 3. The van der Waals surface area contributed by atoms with Crippen molar-refractivity contribution in [1.82, 2.24) is 15.1 Å². The van der Waals surface area contributed by atoms with E-state index in [2.05, 4.69) is 10.3 Å². The first-order chi connectivity index (χ1) is 13.5. The number of guanidine groups is 1. The van der Waals surface area contributed by atoms with Gasteiger partial charge in [0, 0.05) is 33.2 Å². The van der Waals surface area contributed by atoms with Crippen molar-refractivity contribution in [3.05, 3.63) is 35.4 Å². The fourth-order valence-electron chi connectivity index (χ4n) is 3.29. The zero-order valence-corrected chi connectivity index (χ0v) is 19.2. The summed E-state index contributed by atoms with van der Waals surface area (Å²) in [7, 11) is 1.77. The molecule has 1 fully saturated rings. The Morgan fingerprint density at radius 2 is 1.80 bits per heavy atom. The minimum absolute atomic E-state index is 0. The molecule has 0 radical (unpaired) electrons. The van der Waals surface area contributed by atoms with Gasteiger partial charge in [-0.05, 0) is 43.5 Å². The second-order valence-corrected chi connectivity index (χ2v) is 7.25. The lowest BCUT2D eigenvalue weighted by molar-refractivity contribution is -0.143. The van der Waals surface area contributed by atoms with Crippen LogP contribution in [0.25, 0.3) is 0 Å². The first kappa shape index (κ1) is 26.8. The average molecular weight is 552 g/mol. The number of halogens is 7. The molecule has 0 bridgehead atoms. The minimum Gasteiger partial charge on any atom is -0.357 e. The summed E-state index contributed by atoms with van der Waals surface area (Å²) in [6.45, 7) is 3.09. The molecule has 0 amide bonds. The van der Waals surface area contributed by atoms with Gasteiger partial charge in [-0.1, -0.05) is 12.1 Å². The number of rotatable bonds is 6. The summed E-state index contributed by atoms with van der Waals surface area (Å²) >= 11 is 0. The number of likely N-dealkylation sites (tertiary alicyclic amines) is 1. The lowest BCUT2D eigenvalue weighted by atomic mass is 10.1. The van der Waals surface area contributed by atoms with Gasteiger partial charge in [0.2, 0.25) is 0 Å². The van der Waals surface area contributed by atoms with Crippen LogP contribution in [0.5, 0.6) is 0 Å². The summed E-state index contributed by atoms with van der Waals surface area (Å²) < 4.78 is 75.5. The third-order valence-corrected chi connectivity index (χ3v) is 4.67. The van der Waals surface area contributed by atoms with E-state index in [0.29, 0.717) is 50.7 Å². The summed E-state index contributed by atoms with van der Waals surface area (Å²) in [6.07, 6.45) is -7.92. The monoisotopic (exact) mass is 552 g/mol. The normalized spacial score (nSPS) is 18.3. The van der Waals surface area contributed by atoms with Gasteiger partial charge in [0.05, 0.1) is 12.1 Å². The molecular formula is C19H27F6IN4. The predicted octanol–water partition coefficient (Wildman–Crippen LogP) is 4.60. The number of nitrogens with one attached hydrogen (secondary N) is 1. The number of hydrogen-bond acceptors (Lipinski definition) is 2. The van der Waals surface area contributed by atoms with Gasteiger partial charge in [0.25, 0.3) is 0 Å². The number of aliphatic imine (C=N–C) groups is 1. The molecule has 1 N–H and O–H groups in total. The van der Waals surface area contributed by atoms with Gasteiger partial charge >= 0.3 is 12.4 Å². The van der Waals surface area contributed by atoms with Crippen LogP contribution in [0.15, 0.2) is 29.3 Å². The van der Waals surface area contributed by atoms with Crippen LogP contribution in [0.3, 0.4) is 0 Å². The van der Waals surface area contributed by atoms with Crippen LogP contribution < -0.4 is 5.32 Å². The second-order valence-electron chi connectivity index (χ2n) is 7.25. The topological polar surface area (TPSA) is 30.9 Å². The number of hydrogen-bond donors (Lipinski definition) is 1. The number of benzene rings is 1. The van der Waals surface area contributed by atoms with Crippen molar-refractivity contribution >= 4 is 29.9 Å². The molecule has 1 aromatic rings. The van der Waals surface area contributed by atoms with Crippen molar-refractivity contribution in [1.29, 1.82) is 0 Å². The maximum atomic E-state index is 12.7. The molecule has 1 saturated heterocycles. The number of alkyl halides is 6. The van der Waals surface area contributed by atoms with Gasteiger partial charge in [0.1, 0.15) is 0 Å². The quantitative estimate of drug-likeness (QED) is 0.242. The maximum Gasteiger partial charge on any atom is 0.416 e. The van der Waals surface area contributed by atoms with Crippen LogP contribution in [0.1, 0.15) is 24.5 Å². The molecule has 1 atom stereocenters. The molecule has 172 valence electrons. The van der Waals surface area contributed by atoms with Crippen molar-refractivity contribution in [2.75, 3.05) is 39.8 Å². The molecule has 2 rings (SSSR count). The molecule has 30 heavy (non-hydrogen) atoms. The molecule has 1 aliphatic rings. The molecule has 0 aliphatic carbocycles. The van der Waals surface area contributed by atoms with Crippen molar-refractivity contribution in [2.24, 2.45) is 10.9 Å². The van der Waals surface area contributed by atoms with Crippen LogP contribution in [0.4, 0.5) is 26.3 Å². The summed E-state index contributed by atoms with van der Waals surface area (Å²) in [6, 6.07) is 4.94. The van der Waals surface area contributed by atoms with E-state index in [0.717, 1.165) is 12.1 Å². The van der Waals surface area contributed by atoms with Crippen LogP contribution in [0, 0.1) is 5.92 Å². The molecule has 11 heteroatoms. The first-order valence-corrected chi connectivity index (χ1v) is 9.42. The molecule has 1 unspecified atom stereocenters. The summed E-state index contributed by atoms with van der Waals surface area (Å²) in [5.41, 5.74) is -0.00237. The van der Waals surface area contributed by atoms with Crippen molar-refractivity contribution in [2.45, 2.75) is 32.2 Å². The third-order valence-electron chi connectivity index (χ3n) is 4.67. The van der Waals surface area contributed by atoms with E-state index >= 15 is 0 Å². The molecule has 1 aliphatic heterocycles. The largest absolute Gasteiger partial charge is 0.416 e. The van der Waals surface area contributed by atoms with Crippen LogP contribution in [0.2, 0.25) is 0 Å². The second kappa shape index (κ2) is 11.4. The Bertz CT molecular complexity index is 675. The van der Waals surface area contributed by atoms with Crippen molar-refractivity contribution in [3.8, 4) is 0 Å². The smallest absolute Gasteiger partial charge is 0.357 e. The van der Waals surface area contributed by atoms with E-state index in [9.17, 15) is 26.3 Å². The standard InChI is InChI=1S/C19H26F6N4.HI/c1-3-26-17(27-10-15-8-9-29(12-15)13-18(20,21)22)28(2)11-14-4-6-16(7-5-14)19(23,24)25;/h4-7,15H,3,8-13H2,1-2H3,(H,26,27);1H. The van der Waals surface area contributed by atoms with E-state index < -0.39 is 24.5 Å². The highest BCUT2D eigenvalue weighted by atomic mass is 127. The fourth-order valence-corrected chi connectivity index (χ4v) is 3.29. The van der Waals surface area contributed by atoms with Gasteiger partial charge in [0.15, 0.2) is 5.96 Å². The van der Waals surface area contributed by atoms with Crippen LogP contribution in [-0.4, -0.2) is 61.7 Å². The molecule has 0 aromatic heterocycles. The predicted molar refractivity (Wildman–Crippen MR) is 115 cm³/mol. The lowest BCUT2D eigenvalue weighted by Crippen LogP contribution is -2.39. The summed E-state index contributed by atoms with van der Waals surface area (Å²) in [4.78, 5) is 7.70. The Hall–Kier alpha value is -1.24. The van der Waals surface area contributed by atoms with E-state index in [1.54, 1.807) is 11.9 Å². The van der Waals surface area contributed by atoms with E-state index in [1.165, 1.54) is 17.0 Å². The molecule has 0 spiro atoms. The highest BCUT2D eigenvalue weighted by Crippen LogP contribution is 2.29. The van der Waals surface area contributed by atoms with Gasteiger partial charge in [-0.3, -0.25) is 9.89 Å². The Morgan fingerprint density at radius 1 is 1.17 bits per heavy atom. The van der Waals surface area contributed by atoms with Crippen LogP contribution >= 0.6 is 24.0 Å². The highest BCUT2D eigenvalue weighted by Gasteiger charge is 2.34. The van der Waals surface area contributed by atoms with E-state index in [4.69, 9.17) is 0 Å². The fraction of sp³-hybridized carbons (Fsp3) is 0.632. The lowest BCUT2D eigenvalue weighted by Gasteiger charge is -2.23. The molecule has 4 nitrogen and oxygen atoms in total.